The monoisotopic (exact) mass is 193 g/mol. The molecule has 0 aliphatic rings. The maximum absolute atomic E-state index is 11.5. The van der Waals surface area contributed by atoms with Crippen LogP contribution in [0.1, 0.15) is 5.56 Å². The van der Waals surface area contributed by atoms with E-state index in [2.05, 4.69) is 4.98 Å². The molecule has 2 amide bonds. The highest BCUT2D eigenvalue weighted by Crippen LogP contribution is 2.02. The van der Waals surface area contributed by atoms with Crippen LogP contribution in [0, 0.1) is 0 Å². The Labute approximate surface area is 84.2 Å². The number of hydrogen-bond acceptors (Lipinski definition) is 2. The van der Waals surface area contributed by atoms with Gasteiger partial charge in [0.1, 0.15) is 0 Å². The van der Waals surface area contributed by atoms with Gasteiger partial charge in [0.15, 0.2) is 0 Å². The molecular weight excluding hydrogens is 178 g/mol. The van der Waals surface area contributed by atoms with E-state index in [-0.39, 0.29) is 6.03 Å². The van der Waals surface area contributed by atoms with Crippen molar-refractivity contribution in [1.82, 2.24) is 14.8 Å². The maximum atomic E-state index is 11.5. The van der Waals surface area contributed by atoms with Gasteiger partial charge in [0.05, 0.1) is 0 Å². The molecule has 0 atom stereocenters. The van der Waals surface area contributed by atoms with Crippen LogP contribution in [0.2, 0.25) is 0 Å². The number of nitrogens with zero attached hydrogens (tertiary/aromatic N) is 3. The Bertz CT molecular complexity index is 297. The quantitative estimate of drug-likeness (QED) is 0.707. The van der Waals surface area contributed by atoms with Crippen LogP contribution in [0.4, 0.5) is 4.79 Å². The number of pyridine rings is 1. The number of aromatic nitrogens is 1. The lowest BCUT2D eigenvalue weighted by Gasteiger charge is -2.21. The molecule has 1 aromatic heterocycles. The molecule has 0 N–H and O–H groups in total. The van der Waals surface area contributed by atoms with E-state index in [4.69, 9.17) is 0 Å². The Balaban J connectivity index is 2.57. The van der Waals surface area contributed by atoms with Gasteiger partial charge in [0.2, 0.25) is 0 Å². The molecule has 0 radical (unpaired) electrons. The molecule has 14 heavy (non-hydrogen) atoms. The second kappa shape index (κ2) is 4.60. The van der Waals surface area contributed by atoms with E-state index in [1.165, 1.54) is 0 Å². The summed E-state index contributed by atoms with van der Waals surface area (Å²) in [6, 6.07) is 3.81. The third-order valence-corrected chi connectivity index (χ3v) is 1.88. The molecule has 0 unspecified atom stereocenters. The van der Waals surface area contributed by atoms with Gasteiger partial charge in [-0.05, 0) is 17.7 Å². The van der Waals surface area contributed by atoms with E-state index in [1.54, 1.807) is 43.3 Å². The highest BCUT2D eigenvalue weighted by Gasteiger charge is 2.10. The van der Waals surface area contributed by atoms with Gasteiger partial charge in [0.25, 0.3) is 0 Å². The van der Waals surface area contributed by atoms with Crippen molar-refractivity contribution in [3.8, 4) is 0 Å². The van der Waals surface area contributed by atoms with Crippen molar-refractivity contribution < 1.29 is 4.79 Å². The molecule has 0 saturated heterocycles. The Morgan fingerprint density at radius 1 is 1.29 bits per heavy atom. The zero-order valence-corrected chi connectivity index (χ0v) is 8.77. The molecule has 76 valence electrons. The van der Waals surface area contributed by atoms with Crippen molar-refractivity contribution in [2.24, 2.45) is 0 Å². The molecule has 0 aliphatic heterocycles. The van der Waals surface area contributed by atoms with Crippen molar-refractivity contribution in [1.29, 1.82) is 0 Å². The number of carbonyl (C=O) groups is 1. The third-order valence-electron chi connectivity index (χ3n) is 1.88. The summed E-state index contributed by atoms with van der Waals surface area (Å²) in [4.78, 5) is 18.6. The van der Waals surface area contributed by atoms with Crippen molar-refractivity contribution in [3.05, 3.63) is 30.1 Å². The summed E-state index contributed by atoms with van der Waals surface area (Å²) in [5.74, 6) is 0. The molecule has 0 spiro atoms. The highest BCUT2D eigenvalue weighted by molar-refractivity contribution is 5.73. The Kier molecular flexibility index (Phi) is 3.45. The molecule has 1 heterocycles. The Hall–Kier alpha value is -1.58. The van der Waals surface area contributed by atoms with E-state index in [9.17, 15) is 4.79 Å². The van der Waals surface area contributed by atoms with E-state index in [1.807, 2.05) is 12.1 Å². The predicted octanol–water partition coefficient (Wildman–Crippen LogP) is 1.20. The lowest BCUT2D eigenvalue weighted by molar-refractivity contribution is 0.180. The van der Waals surface area contributed by atoms with Gasteiger partial charge in [-0.1, -0.05) is 0 Å². The van der Waals surface area contributed by atoms with Gasteiger partial charge in [-0.15, -0.1) is 0 Å². The lowest BCUT2D eigenvalue weighted by Crippen LogP contribution is -2.35. The maximum Gasteiger partial charge on any atom is 0.319 e. The molecule has 0 aromatic carbocycles. The molecule has 1 rings (SSSR count). The minimum Gasteiger partial charge on any atom is -0.331 e. The smallest absolute Gasteiger partial charge is 0.319 e. The van der Waals surface area contributed by atoms with E-state index < -0.39 is 0 Å². The summed E-state index contributed by atoms with van der Waals surface area (Å²) in [5.41, 5.74) is 1.08. The van der Waals surface area contributed by atoms with E-state index in [0.717, 1.165) is 5.56 Å². The zero-order valence-electron chi connectivity index (χ0n) is 8.77. The van der Waals surface area contributed by atoms with Crippen molar-refractivity contribution in [3.63, 3.8) is 0 Å². The molecule has 1 aromatic rings. The third kappa shape index (κ3) is 2.73. The lowest BCUT2D eigenvalue weighted by atomic mass is 10.2. The summed E-state index contributed by atoms with van der Waals surface area (Å²) in [6.07, 6.45) is 3.45. The van der Waals surface area contributed by atoms with Crippen LogP contribution < -0.4 is 0 Å². The molecule has 0 bridgehead atoms. The number of rotatable bonds is 2. The van der Waals surface area contributed by atoms with Gasteiger partial charge in [-0.2, -0.15) is 0 Å². The fourth-order valence-corrected chi connectivity index (χ4v) is 1.17. The van der Waals surface area contributed by atoms with Crippen LogP contribution in [0.5, 0.6) is 0 Å². The fourth-order valence-electron chi connectivity index (χ4n) is 1.17. The minimum atomic E-state index is 0.00168. The molecule has 0 fully saturated rings. The minimum absolute atomic E-state index is 0.00168. The van der Waals surface area contributed by atoms with Crippen LogP contribution in [0.25, 0.3) is 0 Å². The van der Waals surface area contributed by atoms with Crippen molar-refractivity contribution in [2.45, 2.75) is 6.54 Å². The molecule has 4 nitrogen and oxygen atoms in total. The number of urea groups is 1. The second-order valence-corrected chi connectivity index (χ2v) is 3.39. The first-order valence-electron chi connectivity index (χ1n) is 4.42. The first kappa shape index (κ1) is 10.5. The molecular formula is C10H15N3O. The first-order valence-corrected chi connectivity index (χ1v) is 4.42. The van der Waals surface area contributed by atoms with Crippen LogP contribution in [-0.4, -0.2) is 42.0 Å². The van der Waals surface area contributed by atoms with Gasteiger partial charge >= 0.3 is 6.03 Å². The topological polar surface area (TPSA) is 36.4 Å². The molecule has 0 saturated carbocycles. The summed E-state index contributed by atoms with van der Waals surface area (Å²) in [5, 5.41) is 0. The Morgan fingerprint density at radius 3 is 2.36 bits per heavy atom. The molecule has 0 aliphatic carbocycles. The first-order chi connectivity index (χ1) is 6.61. The molecule has 4 heteroatoms. The summed E-state index contributed by atoms with van der Waals surface area (Å²) >= 11 is 0. The van der Waals surface area contributed by atoms with Crippen LogP contribution in [0.3, 0.4) is 0 Å². The van der Waals surface area contributed by atoms with E-state index >= 15 is 0 Å². The van der Waals surface area contributed by atoms with Crippen molar-refractivity contribution in [2.75, 3.05) is 21.1 Å². The number of hydrogen-bond donors (Lipinski definition) is 0. The highest BCUT2D eigenvalue weighted by atomic mass is 16.2. The summed E-state index contributed by atoms with van der Waals surface area (Å²) in [6.45, 7) is 0.611. The average molecular weight is 193 g/mol. The summed E-state index contributed by atoms with van der Waals surface area (Å²) < 4.78 is 0. The second-order valence-electron chi connectivity index (χ2n) is 3.39. The van der Waals surface area contributed by atoms with E-state index in [0.29, 0.717) is 6.54 Å². The van der Waals surface area contributed by atoms with Crippen molar-refractivity contribution >= 4 is 6.03 Å². The van der Waals surface area contributed by atoms with Gasteiger partial charge < -0.3 is 9.80 Å². The van der Waals surface area contributed by atoms with Gasteiger partial charge in [0, 0.05) is 40.1 Å². The SMILES string of the molecule is CN(C)C(=O)N(C)Cc1ccncc1. The number of carbonyl (C=O) groups excluding carboxylic acids is 1. The van der Waals surface area contributed by atoms with Gasteiger partial charge in [-0.3, -0.25) is 4.98 Å². The summed E-state index contributed by atoms with van der Waals surface area (Å²) in [7, 11) is 5.26. The van der Waals surface area contributed by atoms with Crippen LogP contribution in [-0.2, 0) is 6.54 Å². The predicted molar refractivity (Wildman–Crippen MR) is 54.8 cm³/mol. The largest absolute Gasteiger partial charge is 0.331 e. The van der Waals surface area contributed by atoms with Crippen LogP contribution in [0.15, 0.2) is 24.5 Å². The standard InChI is InChI=1S/C10H15N3O/c1-12(2)10(14)13(3)8-9-4-6-11-7-5-9/h4-7H,8H2,1-3H3. The average Bonchev–Trinajstić information content (AvgIpc) is 2.18. The fraction of sp³-hybridized carbons (Fsp3) is 0.400. The van der Waals surface area contributed by atoms with Crippen LogP contribution >= 0.6 is 0 Å². The number of amides is 2. The zero-order chi connectivity index (χ0) is 10.6. The Morgan fingerprint density at radius 2 is 1.86 bits per heavy atom. The van der Waals surface area contributed by atoms with Gasteiger partial charge in [-0.25, -0.2) is 4.79 Å². The normalized spacial score (nSPS) is 9.64.